The van der Waals surface area contributed by atoms with Gasteiger partial charge in [-0.25, -0.2) is 9.98 Å². The zero-order valence-corrected chi connectivity index (χ0v) is 34.0. The highest BCUT2D eigenvalue weighted by atomic mass is 15.2. The van der Waals surface area contributed by atoms with E-state index >= 15 is 0 Å². The molecule has 9 aromatic rings. The van der Waals surface area contributed by atoms with Crippen LogP contribution >= 0.6 is 0 Å². The summed E-state index contributed by atoms with van der Waals surface area (Å²) in [6, 6.07) is 61.6. The van der Waals surface area contributed by atoms with Gasteiger partial charge < -0.3 is 9.88 Å². The van der Waals surface area contributed by atoms with Gasteiger partial charge in [-0.3, -0.25) is 0 Å². The highest BCUT2D eigenvalue weighted by Crippen LogP contribution is 2.49. The Hall–Kier alpha value is -6.78. The molecule has 1 atom stereocenters. The summed E-state index contributed by atoms with van der Waals surface area (Å²) in [4.78, 5) is 10.5. The van der Waals surface area contributed by atoms with Crippen LogP contribution in [0.3, 0.4) is 0 Å². The molecular formula is C55H46N4. The predicted octanol–water partition coefficient (Wildman–Crippen LogP) is 13.6. The highest BCUT2D eigenvalue weighted by molar-refractivity contribution is 6.19. The molecule has 286 valence electrons. The first-order chi connectivity index (χ1) is 28.7. The number of hydrogen-bond donors (Lipinski definition) is 1. The van der Waals surface area contributed by atoms with Gasteiger partial charge in [0.15, 0.2) is 5.84 Å². The average molecular weight is 763 g/mol. The van der Waals surface area contributed by atoms with Gasteiger partial charge >= 0.3 is 0 Å². The topological polar surface area (TPSA) is 41.7 Å². The monoisotopic (exact) mass is 762 g/mol. The van der Waals surface area contributed by atoms with Crippen LogP contribution in [-0.2, 0) is 10.8 Å². The van der Waals surface area contributed by atoms with Crippen LogP contribution in [0.25, 0.3) is 60.2 Å². The molecular weight excluding hydrogens is 717 g/mol. The zero-order valence-electron chi connectivity index (χ0n) is 34.0. The Morgan fingerprint density at radius 1 is 0.508 bits per heavy atom. The van der Waals surface area contributed by atoms with Crippen molar-refractivity contribution >= 4 is 55.0 Å². The van der Waals surface area contributed by atoms with E-state index in [1.165, 1.54) is 72.9 Å². The Kier molecular flexibility index (Phi) is 8.03. The van der Waals surface area contributed by atoms with Gasteiger partial charge in [0.2, 0.25) is 0 Å². The largest absolute Gasteiger partial charge is 0.344 e. The molecule has 2 heterocycles. The summed E-state index contributed by atoms with van der Waals surface area (Å²) in [6.07, 6.45) is 2.05. The minimum Gasteiger partial charge on any atom is -0.344 e. The van der Waals surface area contributed by atoms with Gasteiger partial charge in [-0.05, 0) is 98.0 Å². The van der Waals surface area contributed by atoms with Crippen molar-refractivity contribution in [3.8, 4) is 16.8 Å². The maximum atomic E-state index is 5.28. The average Bonchev–Trinajstić information content (AvgIpc) is 3.62. The fourth-order valence-electron chi connectivity index (χ4n) is 9.61. The van der Waals surface area contributed by atoms with E-state index in [1.54, 1.807) is 0 Å². The van der Waals surface area contributed by atoms with E-state index in [0.29, 0.717) is 5.84 Å². The molecule has 1 N–H and O–H groups in total. The molecule has 2 aliphatic rings. The molecule has 0 spiro atoms. The van der Waals surface area contributed by atoms with E-state index < -0.39 is 0 Å². The minimum absolute atomic E-state index is 0.0842. The third-order valence-corrected chi connectivity index (χ3v) is 13.1. The Bertz CT molecular complexity index is 3180. The number of hydrogen-bond acceptors (Lipinski definition) is 3. The maximum absolute atomic E-state index is 5.28. The molecule has 1 aliphatic carbocycles. The Balaban J connectivity index is 1.06. The summed E-state index contributed by atoms with van der Waals surface area (Å²) in [6.45, 7) is 9.68. The van der Waals surface area contributed by atoms with Crippen LogP contribution in [0.5, 0.6) is 0 Å². The van der Waals surface area contributed by atoms with E-state index in [-0.39, 0.29) is 17.0 Å². The van der Waals surface area contributed by atoms with Crippen LogP contribution in [-0.4, -0.2) is 16.2 Å². The summed E-state index contributed by atoms with van der Waals surface area (Å²) in [7, 11) is 0. The van der Waals surface area contributed by atoms with Gasteiger partial charge in [0.1, 0.15) is 12.0 Å². The molecule has 1 unspecified atom stereocenters. The van der Waals surface area contributed by atoms with Gasteiger partial charge in [0.25, 0.3) is 0 Å². The van der Waals surface area contributed by atoms with Crippen LogP contribution < -0.4 is 5.32 Å². The molecule has 8 aromatic carbocycles. The van der Waals surface area contributed by atoms with E-state index in [4.69, 9.17) is 9.98 Å². The van der Waals surface area contributed by atoms with Gasteiger partial charge in [0, 0.05) is 33.0 Å². The minimum atomic E-state index is -0.295. The number of rotatable bonds is 5. The second-order valence-corrected chi connectivity index (χ2v) is 17.8. The molecule has 1 aliphatic heterocycles. The standard InChI is InChI=1S/C55H46N4/c1-54(2)29-30-55(3,4)48-34-49-46(33-47(48)54)45-28-27-37-14-10-11-20-44(37)50(45)59(49)43-19-12-18-42(32-43)53-57-51(38-15-6-5-7-16-38)56-52(58-53)39-24-21-36(22-25-39)41-26-23-35-13-8-9-17-40(35)31-41/h5-28,31-34,51H,29-30H2,1-4H3,(H,56,57,58). The van der Waals surface area contributed by atoms with Crippen molar-refractivity contribution in [1.82, 2.24) is 9.88 Å². The van der Waals surface area contributed by atoms with Crippen molar-refractivity contribution in [2.45, 2.75) is 57.5 Å². The van der Waals surface area contributed by atoms with Gasteiger partial charge in [-0.2, -0.15) is 0 Å². The Morgan fingerprint density at radius 2 is 1.17 bits per heavy atom. The first-order valence-electron chi connectivity index (χ1n) is 20.9. The third kappa shape index (κ3) is 5.97. The normalized spacial score (nSPS) is 17.1. The van der Waals surface area contributed by atoms with Crippen LogP contribution in [0.4, 0.5) is 0 Å². The summed E-state index contributed by atoms with van der Waals surface area (Å²) < 4.78 is 2.51. The van der Waals surface area contributed by atoms with Gasteiger partial charge in [-0.1, -0.05) is 167 Å². The number of aliphatic imine (C=N–C) groups is 2. The lowest BCUT2D eigenvalue weighted by atomic mass is 9.63. The van der Waals surface area contributed by atoms with Crippen molar-refractivity contribution in [3.05, 3.63) is 198 Å². The highest BCUT2D eigenvalue weighted by Gasteiger charge is 2.38. The van der Waals surface area contributed by atoms with Crippen molar-refractivity contribution < 1.29 is 0 Å². The molecule has 0 bridgehead atoms. The SMILES string of the molecule is CC1(C)CCC(C)(C)c2cc3c(cc21)c1ccc2ccccc2c1n3-c1cccc(C2=NC(c3ccc(-c4ccc5ccccc5c4)cc3)=NC(c3ccccc3)N2)c1. The zero-order chi connectivity index (χ0) is 39.9. The molecule has 0 saturated carbocycles. The number of nitrogens with one attached hydrogen (secondary N) is 1. The first kappa shape index (κ1) is 35.4. The molecule has 4 nitrogen and oxygen atoms in total. The number of aromatic nitrogens is 1. The Labute approximate surface area is 345 Å². The molecule has 0 radical (unpaired) electrons. The summed E-state index contributed by atoms with van der Waals surface area (Å²) in [5.74, 6) is 1.51. The van der Waals surface area contributed by atoms with Crippen LogP contribution in [0.2, 0.25) is 0 Å². The smallest absolute Gasteiger partial charge is 0.159 e. The molecule has 59 heavy (non-hydrogen) atoms. The number of amidine groups is 2. The van der Waals surface area contributed by atoms with E-state index in [9.17, 15) is 0 Å². The molecule has 0 saturated heterocycles. The van der Waals surface area contributed by atoms with E-state index in [1.807, 2.05) is 0 Å². The van der Waals surface area contributed by atoms with Crippen molar-refractivity contribution in [2.75, 3.05) is 0 Å². The molecule has 1 aromatic heterocycles. The Morgan fingerprint density at radius 3 is 1.97 bits per heavy atom. The summed E-state index contributed by atoms with van der Waals surface area (Å²) in [5.41, 5.74) is 12.2. The van der Waals surface area contributed by atoms with Crippen molar-refractivity contribution in [2.24, 2.45) is 9.98 Å². The fraction of sp³-hybridized carbons (Fsp3) is 0.164. The summed E-state index contributed by atoms with van der Waals surface area (Å²) in [5, 5.41) is 11.3. The maximum Gasteiger partial charge on any atom is 0.159 e. The predicted molar refractivity (Wildman–Crippen MR) is 248 cm³/mol. The lowest BCUT2D eigenvalue weighted by molar-refractivity contribution is 0.332. The molecule has 4 heteroatoms. The number of nitrogens with zero attached hydrogens (tertiary/aromatic N) is 3. The third-order valence-electron chi connectivity index (χ3n) is 13.1. The quantitative estimate of drug-likeness (QED) is 0.186. The summed E-state index contributed by atoms with van der Waals surface area (Å²) >= 11 is 0. The van der Waals surface area contributed by atoms with Gasteiger partial charge in [0.05, 0.1) is 11.0 Å². The lowest BCUT2D eigenvalue weighted by Crippen LogP contribution is -2.33. The van der Waals surface area contributed by atoms with Crippen molar-refractivity contribution in [3.63, 3.8) is 0 Å². The van der Waals surface area contributed by atoms with Gasteiger partial charge in [-0.15, -0.1) is 0 Å². The number of benzene rings is 8. The van der Waals surface area contributed by atoms with E-state index in [2.05, 4.69) is 207 Å². The van der Waals surface area contributed by atoms with Crippen LogP contribution in [0, 0.1) is 0 Å². The second kappa shape index (κ2) is 13.4. The lowest BCUT2D eigenvalue weighted by Gasteiger charge is -2.42. The fourth-order valence-corrected chi connectivity index (χ4v) is 9.61. The second-order valence-electron chi connectivity index (χ2n) is 17.8. The van der Waals surface area contributed by atoms with Crippen molar-refractivity contribution in [1.29, 1.82) is 0 Å². The molecule has 11 rings (SSSR count). The van der Waals surface area contributed by atoms with Crippen LogP contribution in [0.1, 0.15) is 74.5 Å². The molecule has 0 amide bonds. The molecule has 0 fully saturated rings. The van der Waals surface area contributed by atoms with Crippen LogP contribution in [0.15, 0.2) is 180 Å². The van der Waals surface area contributed by atoms with E-state index in [0.717, 1.165) is 33.8 Å². The number of fused-ring (bicyclic) bond motifs is 7. The first-order valence-corrected chi connectivity index (χ1v) is 20.9.